The first-order valence-corrected chi connectivity index (χ1v) is 8.34. The van der Waals surface area contributed by atoms with Gasteiger partial charge in [0.25, 0.3) is 0 Å². The van der Waals surface area contributed by atoms with Crippen LogP contribution in [0.2, 0.25) is 0 Å². The Bertz CT molecular complexity index is 532. The van der Waals surface area contributed by atoms with Gasteiger partial charge in [0.2, 0.25) is 5.91 Å². The molecule has 5 heteroatoms. The van der Waals surface area contributed by atoms with Crippen LogP contribution in [0.5, 0.6) is 0 Å². The van der Waals surface area contributed by atoms with Crippen molar-refractivity contribution in [3.63, 3.8) is 0 Å². The lowest BCUT2D eigenvalue weighted by Gasteiger charge is -2.20. The Morgan fingerprint density at radius 2 is 2.27 bits per heavy atom. The molecule has 0 aromatic carbocycles. The summed E-state index contributed by atoms with van der Waals surface area (Å²) >= 11 is 0. The number of nitrogens with one attached hydrogen (secondary N) is 1. The van der Waals surface area contributed by atoms with Crippen molar-refractivity contribution in [2.45, 2.75) is 25.4 Å². The minimum Gasteiger partial charge on any atom is -0.376 e. The summed E-state index contributed by atoms with van der Waals surface area (Å²) in [5.41, 5.74) is 0. The molecular formula is C17H23N3O2. The maximum atomic E-state index is 12.3. The maximum Gasteiger partial charge on any atom is 0.222 e. The van der Waals surface area contributed by atoms with Gasteiger partial charge in [0.05, 0.1) is 12.7 Å². The summed E-state index contributed by atoms with van der Waals surface area (Å²) in [5, 5.41) is 3.39. The van der Waals surface area contributed by atoms with Crippen LogP contribution in [0, 0.1) is 17.8 Å². The van der Waals surface area contributed by atoms with Crippen LogP contribution in [0.1, 0.15) is 19.3 Å². The van der Waals surface area contributed by atoms with Crippen LogP contribution >= 0.6 is 0 Å². The van der Waals surface area contributed by atoms with Crippen molar-refractivity contribution in [3.8, 4) is 0 Å². The van der Waals surface area contributed by atoms with Gasteiger partial charge in [0, 0.05) is 44.1 Å². The highest BCUT2D eigenvalue weighted by Gasteiger charge is 2.45. The van der Waals surface area contributed by atoms with E-state index in [-0.39, 0.29) is 6.10 Å². The molecule has 1 aromatic heterocycles. The monoisotopic (exact) mass is 301 g/mol. The van der Waals surface area contributed by atoms with E-state index in [0.29, 0.717) is 23.7 Å². The SMILES string of the molecule is O=C(CC1CC1)N1C[C@@H]2[C@@H](CNc3ccccn3)CO[C@@H]2C1. The summed E-state index contributed by atoms with van der Waals surface area (Å²) in [7, 11) is 0. The van der Waals surface area contributed by atoms with Crippen molar-refractivity contribution in [1.29, 1.82) is 0 Å². The first-order chi connectivity index (χ1) is 10.8. The number of hydrogen-bond acceptors (Lipinski definition) is 4. The molecule has 3 heterocycles. The van der Waals surface area contributed by atoms with Crippen LogP contribution in [0.3, 0.4) is 0 Å². The molecule has 1 saturated carbocycles. The fraction of sp³-hybridized carbons (Fsp3) is 0.647. The topological polar surface area (TPSA) is 54.5 Å². The summed E-state index contributed by atoms with van der Waals surface area (Å²) in [4.78, 5) is 18.6. The molecule has 2 saturated heterocycles. The van der Waals surface area contributed by atoms with Gasteiger partial charge >= 0.3 is 0 Å². The summed E-state index contributed by atoms with van der Waals surface area (Å²) in [5.74, 6) is 2.84. The number of nitrogens with zero attached hydrogens (tertiary/aromatic N) is 2. The predicted octanol–water partition coefficient (Wildman–Crippen LogP) is 1.77. The van der Waals surface area contributed by atoms with Crippen molar-refractivity contribution in [2.24, 2.45) is 17.8 Å². The lowest BCUT2D eigenvalue weighted by Crippen LogP contribution is -2.32. The number of fused-ring (bicyclic) bond motifs is 1. The zero-order valence-corrected chi connectivity index (χ0v) is 12.8. The molecule has 3 atom stereocenters. The van der Waals surface area contributed by atoms with Crippen LogP contribution < -0.4 is 5.32 Å². The van der Waals surface area contributed by atoms with Gasteiger partial charge in [-0.05, 0) is 30.9 Å². The Labute approximate surface area is 131 Å². The molecule has 1 aliphatic carbocycles. The number of ether oxygens (including phenoxy) is 1. The number of anilines is 1. The highest BCUT2D eigenvalue weighted by atomic mass is 16.5. The van der Waals surface area contributed by atoms with Crippen molar-refractivity contribution in [3.05, 3.63) is 24.4 Å². The van der Waals surface area contributed by atoms with Gasteiger partial charge in [0.1, 0.15) is 5.82 Å². The van der Waals surface area contributed by atoms with E-state index in [9.17, 15) is 4.79 Å². The van der Waals surface area contributed by atoms with Gasteiger partial charge < -0.3 is 15.0 Å². The van der Waals surface area contributed by atoms with Crippen LogP contribution in [0.15, 0.2) is 24.4 Å². The lowest BCUT2D eigenvalue weighted by atomic mass is 9.93. The number of rotatable bonds is 5. The third kappa shape index (κ3) is 2.95. The Hall–Kier alpha value is -1.62. The molecule has 0 radical (unpaired) electrons. The number of hydrogen-bond donors (Lipinski definition) is 1. The quantitative estimate of drug-likeness (QED) is 0.900. The number of carbonyl (C=O) groups excluding carboxylic acids is 1. The average molecular weight is 301 g/mol. The number of amides is 1. The van der Waals surface area contributed by atoms with Gasteiger partial charge in [-0.15, -0.1) is 0 Å². The van der Waals surface area contributed by atoms with E-state index >= 15 is 0 Å². The van der Waals surface area contributed by atoms with E-state index in [0.717, 1.165) is 38.5 Å². The Morgan fingerprint density at radius 3 is 3.05 bits per heavy atom. The Balaban J connectivity index is 1.31. The number of likely N-dealkylation sites (tertiary alicyclic amines) is 1. The van der Waals surface area contributed by atoms with E-state index in [1.54, 1.807) is 6.20 Å². The molecule has 22 heavy (non-hydrogen) atoms. The minimum absolute atomic E-state index is 0.235. The number of aromatic nitrogens is 1. The fourth-order valence-electron chi connectivity index (χ4n) is 3.61. The first kappa shape index (κ1) is 14.0. The lowest BCUT2D eigenvalue weighted by molar-refractivity contribution is -0.131. The van der Waals surface area contributed by atoms with E-state index < -0.39 is 0 Å². The van der Waals surface area contributed by atoms with E-state index in [1.807, 2.05) is 23.1 Å². The second-order valence-electron chi connectivity index (χ2n) is 6.84. The number of carbonyl (C=O) groups is 1. The second-order valence-corrected chi connectivity index (χ2v) is 6.84. The van der Waals surface area contributed by atoms with Crippen LogP contribution in [-0.4, -0.2) is 48.1 Å². The molecule has 0 spiro atoms. The normalized spacial score (nSPS) is 30.4. The molecule has 3 fully saturated rings. The average Bonchev–Trinajstić information content (AvgIpc) is 3.11. The maximum absolute atomic E-state index is 12.3. The molecule has 3 aliphatic rings. The zero-order valence-electron chi connectivity index (χ0n) is 12.8. The van der Waals surface area contributed by atoms with Crippen molar-refractivity contribution in [2.75, 3.05) is 31.6 Å². The third-order valence-corrected chi connectivity index (χ3v) is 5.16. The van der Waals surface area contributed by atoms with Gasteiger partial charge in [-0.1, -0.05) is 6.07 Å². The van der Waals surface area contributed by atoms with Gasteiger partial charge in [-0.2, -0.15) is 0 Å². The van der Waals surface area contributed by atoms with Crippen molar-refractivity contribution < 1.29 is 9.53 Å². The minimum atomic E-state index is 0.235. The highest BCUT2D eigenvalue weighted by Crippen LogP contribution is 2.37. The standard InChI is InChI=1S/C17H23N3O2/c21-17(7-12-4-5-12)20-9-14-13(11-22-15(14)10-20)8-19-16-3-1-2-6-18-16/h1-3,6,12-15H,4-5,7-11H2,(H,18,19)/t13-,14+,15+/m0/s1. The third-order valence-electron chi connectivity index (χ3n) is 5.16. The summed E-state index contributed by atoms with van der Waals surface area (Å²) in [6, 6.07) is 5.88. The van der Waals surface area contributed by atoms with Gasteiger partial charge in [0.15, 0.2) is 0 Å². The molecule has 1 amide bonds. The Morgan fingerprint density at radius 1 is 1.36 bits per heavy atom. The van der Waals surface area contributed by atoms with Crippen LogP contribution in [-0.2, 0) is 9.53 Å². The Kier molecular flexibility index (Phi) is 3.74. The summed E-state index contributed by atoms with van der Waals surface area (Å²) in [6.07, 6.45) is 5.25. The van der Waals surface area contributed by atoms with Crippen molar-refractivity contribution >= 4 is 11.7 Å². The summed E-state index contributed by atoms with van der Waals surface area (Å²) < 4.78 is 5.92. The predicted molar refractivity (Wildman–Crippen MR) is 83.4 cm³/mol. The smallest absolute Gasteiger partial charge is 0.222 e. The van der Waals surface area contributed by atoms with Crippen LogP contribution in [0.4, 0.5) is 5.82 Å². The zero-order chi connectivity index (χ0) is 14.9. The largest absolute Gasteiger partial charge is 0.376 e. The first-order valence-electron chi connectivity index (χ1n) is 8.34. The van der Waals surface area contributed by atoms with Crippen molar-refractivity contribution in [1.82, 2.24) is 9.88 Å². The molecular weight excluding hydrogens is 278 g/mol. The molecule has 0 bridgehead atoms. The summed E-state index contributed by atoms with van der Waals surface area (Å²) in [6.45, 7) is 3.31. The fourth-order valence-corrected chi connectivity index (χ4v) is 3.61. The van der Waals surface area contributed by atoms with E-state index in [1.165, 1.54) is 12.8 Å². The molecule has 118 valence electrons. The van der Waals surface area contributed by atoms with E-state index in [2.05, 4.69) is 10.3 Å². The van der Waals surface area contributed by atoms with Gasteiger partial charge in [-0.25, -0.2) is 4.98 Å². The van der Waals surface area contributed by atoms with Crippen LogP contribution in [0.25, 0.3) is 0 Å². The van der Waals surface area contributed by atoms with Gasteiger partial charge in [-0.3, -0.25) is 4.79 Å². The van der Waals surface area contributed by atoms with E-state index in [4.69, 9.17) is 4.74 Å². The molecule has 1 N–H and O–H groups in total. The second kappa shape index (κ2) is 5.88. The molecule has 2 aliphatic heterocycles. The number of pyridine rings is 1. The molecule has 4 rings (SSSR count). The molecule has 0 unspecified atom stereocenters. The molecule has 5 nitrogen and oxygen atoms in total. The highest BCUT2D eigenvalue weighted by molar-refractivity contribution is 5.77. The molecule has 1 aromatic rings.